The van der Waals surface area contributed by atoms with Crippen molar-refractivity contribution < 1.29 is 9.53 Å². The van der Waals surface area contributed by atoms with Crippen LogP contribution >= 0.6 is 0 Å². The molecule has 0 aromatic heterocycles. The van der Waals surface area contributed by atoms with Gasteiger partial charge in [-0.25, -0.2) is 0 Å². The number of anilines is 1. The van der Waals surface area contributed by atoms with Gasteiger partial charge in [-0.05, 0) is 67.9 Å². The Hall–Kier alpha value is -3.12. The number of likely N-dealkylation sites (N-methyl/N-ethyl adjacent to an activating group) is 1. The number of likely N-dealkylation sites (tertiary alicyclic amines) is 1. The number of hydrogen-bond acceptors (Lipinski definition) is 5. The first-order valence-electron chi connectivity index (χ1n) is 11.4. The van der Waals surface area contributed by atoms with Crippen LogP contribution in [0, 0.1) is 0 Å². The summed E-state index contributed by atoms with van der Waals surface area (Å²) in [6.45, 7) is 4.58. The number of amidine groups is 1. The second kappa shape index (κ2) is 10.5. The highest BCUT2D eigenvalue weighted by atomic mass is 16.5. The molecule has 2 aromatic rings. The summed E-state index contributed by atoms with van der Waals surface area (Å²) < 4.78 is 5.88. The number of piperidine rings is 1. The van der Waals surface area contributed by atoms with Gasteiger partial charge in [-0.2, -0.15) is 0 Å². The molecule has 0 spiro atoms. The zero-order chi connectivity index (χ0) is 22.3. The molecule has 0 unspecified atom stereocenters. The minimum atomic E-state index is -0.135. The number of ether oxygens (including phenoxy) is 1. The van der Waals surface area contributed by atoms with Crippen molar-refractivity contribution in [2.45, 2.75) is 19.3 Å². The highest BCUT2D eigenvalue weighted by Crippen LogP contribution is 2.27. The van der Waals surface area contributed by atoms with E-state index >= 15 is 0 Å². The van der Waals surface area contributed by atoms with Crippen molar-refractivity contribution in [1.29, 1.82) is 0 Å². The Kier molecular flexibility index (Phi) is 7.22. The lowest BCUT2D eigenvalue weighted by Gasteiger charge is -2.26. The van der Waals surface area contributed by atoms with E-state index in [1.807, 2.05) is 67.5 Å². The van der Waals surface area contributed by atoms with Gasteiger partial charge in [-0.15, -0.1) is 0 Å². The largest absolute Gasteiger partial charge is 0.492 e. The van der Waals surface area contributed by atoms with Gasteiger partial charge in [-0.3, -0.25) is 14.7 Å². The van der Waals surface area contributed by atoms with Crippen molar-refractivity contribution in [2.75, 3.05) is 52.2 Å². The van der Waals surface area contributed by atoms with Gasteiger partial charge in [-0.1, -0.05) is 24.6 Å². The van der Waals surface area contributed by atoms with Crippen molar-refractivity contribution in [3.63, 3.8) is 0 Å². The van der Waals surface area contributed by atoms with Crippen LogP contribution in [-0.4, -0.2) is 68.4 Å². The summed E-state index contributed by atoms with van der Waals surface area (Å²) in [5.74, 6) is 1.60. The average Bonchev–Trinajstić information content (AvgIpc) is 3.31. The van der Waals surface area contributed by atoms with Crippen LogP contribution in [0.25, 0.3) is 5.57 Å². The molecule has 0 atom stereocenters. The van der Waals surface area contributed by atoms with Crippen LogP contribution in [0.5, 0.6) is 5.75 Å². The second-order valence-corrected chi connectivity index (χ2v) is 8.51. The standard InChI is InChI=1S/C26H32N4O2/c1-29(2)25-18-21(19-27-25)23-8-4-5-9-24(23)28-26(31)20-10-12-22(13-11-20)32-17-16-30-14-6-3-7-15-30/h4-5,8-13,18H,3,6-7,14-17,19H2,1-2H3,(H,28,31). The summed E-state index contributed by atoms with van der Waals surface area (Å²) >= 11 is 0. The average molecular weight is 433 g/mol. The number of amides is 1. The van der Waals surface area contributed by atoms with Gasteiger partial charge in [0.25, 0.3) is 5.91 Å². The van der Waals surface area contributed by atoms with Crippen LogP contribution in [0.1, 0.15) is 35.2 Å². The topological polar surface area (TPSA) is 57.2 Å². The number of rotatable bonds is 7. The second-order valence-electron chi connectivity index (χ2n) is 8.51. The smallest absolute Gasteiger partial charge is 0.255 e. The number of benzene rings is 2. The molecule has 168 valence electrons. The van der Waals surface area contributed by atoms with Crippen LogP contribution < -0.4 is 10.1 Å². The van der Waals surface area contributed by atoms with Gasteiger partial charge in [0.2, 0.25) is 0 Å². The van der Waals surface area contributed by atoms with Gasteiger partial charge in [0, 0.05) is 37.5 Å². The van der Waals surface area contributed by atoms with Gasteiger partial charge in [0.1, 0.15) is 18.2 Å². The van der Waals surface area contributed by atoms with E-state index < -0.39 is 0 Å². The zero-order valence-electron chi connectivity index (χ0n) is 19.0. The van der Waals surface area contributed by atoms with Crippen LogP contribution in [0.15, 0.2) is 59.6 Å². The fourth-order valence-electron chi connectivity index (χ4n) is 4.09. The molecule has 1 N–H and O–H groups in total. The summed E-state index contributed by atoms with van der Waals surface area (Å²) in [7, 11) is 3.96. The van der Waals surface area contributed by atoms with E-state index in [-0.39, 0.29) is 5.91 Å². The van der Waals surface area contributed by atoms with Crippen LogP contribution in [0.3, 0.4) is 0 Å². The Balaban J connectivity index is 1.35. The fraction of sp³-hybridized carbons (Fsp3) is 0.385. The van der Waals surface area contributed by atoms with Crippen LogP contribution in [-0.2, 0) is 0 Å². The van der Waals surface area contributed by atoms with Crippen molar-refractivity contribution in [1.82, 2.24) is 9.80 Å². The van der Waals surface area contributed by atoms with E-state index in [1.165, 1.54) is 32.4 Å². The molecular formula is C26H32N4O2. The molecule has 4 rings (SSSR count). The molecule has 2 aliphatic heterocycles. The number of carbonyl (C=O) groups excluding carboxylic acids is 1. The molecule has 0 radical (unpaired) electrons. The molecular weight excluding hydrogens is 400 g/mol. The molecule has 0 saturated carbocycles. The SMILES string of the molecule is CN(C)C1=NCC(c2ccccc2NC(=O)c2ccc(OCCN3CCCCC3)cc2)=C1. The van der Waals surface area contributed by atoms with Gasteiger partial charge in [0.05, 0.1) is 6.54 Å². The molecule has 6 nitrogen and oxygen atoms in total. The third-order valence-electron chi connectivity index (χ3n) is 5.94. The maximum atomic E-state index is 12.9. The molecule has 6 heteroatoms. The highest BCUT2D eigenvalue weighted by Gasteiger charge is 2.16. The van der Waals surface area contributed by atoms with Crippen molar-refractivity contribution in [3.05, 3.63) is 65.7 Å². The van der Waals surface area contributed by atoms with Crippen molar-refractivity contribution >= 4 is 23.0 Å². The monoisotopic (exact) mass is 432 g/mol. The third kappa shape index (κ3) is 5.56. The highest BCUT2D eigenvalue weighted by molar-refractivity contribution is 6.08. The molecule has 2 aliphatic rings. The van der Waals surface area contributed by atoms with E-state index in [2.05, 4.69) is 21.3 Å². The maximum Gasteiger partial charge on any atom is 0.255 e. The number of hydrogen-bond donors (Lipinski definition) is 1. The minimum absolute atomic E-state index is 0.135. The molecule has 2 heterocycles. The Morgan fingerprint density at radius 1 is 1.06 bits per heavy atom. The molecule has 0 aliphatic carbocycles. The number of carbonyl (C=O) groups is 1. The van der Waals surface area contributed by atoms with E-state index in [0.29, 0.717) is 18.7 Å². The third-order valence-corrected chi connectivity index (χ3v) is 5.94. The van der Waals surface area contributed by atoms with Crippen molar-refractivity contribution in [3.8, 4) is 5.75 Å². The molecule has 1 fully saturated rings. The normalized spacial score (nSPS) is 16.3. The lowest BCUT2D eigenvalue weighted by Crippen LogP contribution is -2.33. The van der Waals surface area contributed by atoms with Crippen LogP contribution in [0.4, 0.5) is 5.69 Å². The Bertz CT molecular complexity index is 989. The molecule has 0 bridgehead atoms. The molecule has 1 amide bonds. The van der Waals surface area contributed by atoms with E-state index in [9.17, 15) is 4.79 Å². The number of nitrogens with zero attached hydrogens (tertiary/aromatic N) is 3. The summed E-state index contributed by atoms with van der Waals surface area (Å²) in [4.78, 5) is 21.9. The maximum absolute atomic E-state index is 12.9. The number of para-hydroxylation sites is 1. The predicted molar refractivity (Wildman–Crippen MR) is 131 cm³/mol. The Labute approximate surface area is 190 Å². The van der Waals surface area contributed by atoms with E-state index in [4.69, 9.17) is 4.74 Å². The van der Waals surface area contributed by atoms with E-state index in [1.54, 1.807) is 0 Å². The first-order valence-corrected chi connectivity index (χ1v) is 11.4. The van der Waals surface area contributed by atoms with Crippen molar-refractivity contribution in [2.24, 2.45) is 4.99 Å². The van der Waals surface area contributed by atoms with Gasteiger partial charge < -0.3 is 15.0 Å². The quantitative estimate of drug-likeness (QED) is 0.714. The first kappa shape index (κ1) is 22.1. The molecule has 32 heavy (non-hydrogen) atoms. The van der Waals surface area contributed by atoms with Crippen LogP contribution in [0.2, 0.25) is 0 Å². The van der Waals surface area contributed by atoms with Gasteiger partial charge >= 0.3 is 0 Å². The Morgan fingerprint density at radius 2 is 1.81 bits per heavy atom. The molecule has 2 aromatic carbocycles. The lowest BCUT2D eigenvalue weighted by molar-refractivity contribution is 0.102. The van der Waals surface area contributed by atoms with E-state index in [0.717, 1.165) is 35.0 Å². The number of aliphatic imine (C=N–C) groups is 1. The summed E-state index contributed by atoms with van der Waals surface area (Å²) in [6.07, 6.45) is 5.98. The lowest BCUT2D eigenvalue weighted by atomic mass is 10.0. The molecule has 1 saturated heterocycles. The summed E-state index contributed by atoms with van der Waals surface area (Å²) in [5, 5.41) is 3.06. The summed E-state index contributed by atoms with van der Waals surface area (Å²) in [6, 6.07) is 15.2. The minimum Gasteiger partial charge on any atom is -0.492 e. The first-order chi connectivity index (χ1) is 15.6. The zero-order valence-corrected chi connectivity index (χ0v) is 19.0. The summed E-state index contributed by atoms with van der Waals surface area (Å²) in [5.41, 5.74) is 3.50. The van der Waals surface area contributed by atoms with Gasteiger partial charge in [0.15, 0.2) is 0 Å². The number of nitrogens with one attached hydrogen (secondary N) is 1. The Morgan fingerprint density at radius 3 is 2.53 bits per heavy atom. The fourth-order valence-corrected chi connectivity index (χ4v) is 4.09. The predicted octanol–water partition coefficient (Wildman–Crippen LogP) is 4.16.